The standard InChI is InChI=1S/C18H15ClN2O3S/c1-2-21-16-11(19)6-5-9-15(16)25-18(21)20-17(22)14-10-23-12-7-3-4-8-13(12)24-14/h3-9,14H,2,10H2,1H3. The number of aromatic nitrogens is 1. The molecule has 0 saturated heterocycles. The number of ether oxygens (including phenoxy) is 2. The Bertz CT molecular complexity index is 1020. The molecule has 7 heteroatoms. The minimum atomic E-state index is -0.749. The van der Waals surface area contributed by atoms with Crippen LogP contribution in [0.15, 0.2) is 47.5 Å². The van der Waals surface area contributed by atoms with Crippen LogP contribution in [-0.4, -0.2) is 23.2 Å². The van der Waals surface area contributed by atoms with Gasteiger partial charge in [0.2, 0.25) is 6.10 Å². The molecule has 2 heterocycles. The third-order valence-corrected chi connectivity index (χ3v) is 5.31. The number of thiazole rings is 1. The maximum absolute atomic E-state index is 12.6. The van der Waals surface area contributed by atoms with Crippen molar-refractivity contribution in [3.05, 3.63) is 52.3 Å². The summed E-state index contributed by atoms with van der Waals surface area (Å²) in [7, 11) is 0. The van der Waals surface area contributed by atoms with E-state index in [0.29, 0.717) is 27.9 Å². The van der Waals surface area contributed by atoms with Crippen molar-refractivity contribution in [2.45, 2.75) is 19.6 Å². The molecule has 0 saturated carbocycles. The summed E-state index contributed by atoms with van der Waals surface area (Å²) in [4.78, 5) is 17.5. The minimum absolute atomic E-state index is 0.150. The van der Waals surface area contributed by atoms with Crippen molar-refractivity contribution in [2.75, 3.05) is 6.61 Å². The quantitative estimate of drug-likeness (QED) is 0.688. The fourth-order valence-electron chi connectivity index (χ4n) is 2.77. The molecular weight excluding hydrogens is 360 g/mol. The highest BCUT2D eigenvalue weighted by molar-refractivity contribution is 7.16. The van der Waals surface area contributed by atoms with Gasteiger partial charge in [0, 0.05) is 6.54 Å². The molecule has 2 aromatic carbocycles. The molecule has 1 amide bonds. The Morgan fingerprint density at radius 2 is 2.08 bits per heavy atom. The van der Waals surface area contributed by atoms with Crippen molar-refractivity contribution >= 4 is 39.1 Å². The van der Waals surface area contributed by atoms with E-state index in [1.807, 2.05) is 47.9 Å². The summed E-state index contributed by atoms with van der Waals surface area (Å²) < 4.78 is 14.3. The van der Waals surface area contributed by atoms with Gasteiger partial charge in [-0.15, -0.1) is 0 Å². The number of halogens is 1. The summed E-state index contributed by atoms with van der Waals surface area (Å²) in [5.41, 5.74) is 0.898. The normalized spacial score (nSPS) is 17.0. The summed E-state index contributed by atoms with van der Waals surface area (Å²) in [6.07, 6.45) is -0.749. The van der Waals surface area contributed by atoms with Crippen LogP contribution >= 0.6 is 22.9 Å². The van der Waals surface area contributed by atoms with E-state index in [4.69, 9.17) is 21.1 Å². The number of rotatable bonds is 2. The monoisotopic (exact) mass is 374 g/mol. The van der Waals surface area contributed by atoms with Gasteiger partial charge < -0.3 is 14.0 Å². The van der Waals surface area contributed by atoms with E-state index < -0.39 is 6.10 Å². The Morgan fingerprint density at radius 1 is 1.28 bits per heavy atom. The van der Waals surface area contributed by atoms with Crippen LogP contribution in [-0.2, 0) is 11.3 Å². The summed E-state index contributed by atoms with van der Waals surface area (Å²) >= 11 is 7.75. The largest absolute Gasteiger partial charge is 0.485 e. The van der Waals surface area contributed by atoms with Gasteiger partial charge in [-0.25, -0.2) is 0 Å². The molecule has 128 valence electrons. The van der Waals surface area contributed by atoms with Crippen LogP contribution in [0, 0.1) is 0 Å². The zero-order valence-electron chi connectivity index (χ0n) is 13.4. The van der Waals surface area contributed by atoms with Crippen molar-refractivity contribution in [3.63, 3.8) is 0 Å². The molecule has 1 unspecified atom stereocenters. The number of para-hydroxylation sites is 3. The van der Waals surface area contributed by atoms with Gasteiger partial charge in [-0.2, -0.15) is 4.99 Å². The van der Waals surface area contributed by atoms with Gasteiger partial charge in [-0.05, 0) is 31.2 Å². The van der Waals surface area contributed by atoms with E-state index in [1.165, 1.54) is 11.3 Å². The van der Waals surface area contributed by atoms with E-state index >= 15 is 0 Å². The van der Waals surface area contributed by atoms with Crippen molar-refractivity contribution in [2.24, 2.45) is 4.99 Å². The fourth-order valence-corrected chi connectivity index (χ4v) is 4.23. The molecule has 0 N–H and O–H groups in total. The van der Waals surface area contributed by atoms with Crippen LogP contribution in [0.4, 0.5) is 0 Å². The SMILES string of the molecule is CCn1c(=NC(=O)C2COc3ccccc3O2)sc2cccc(Cl)c21. The van der Waals surface area contributed by atoms with Crippen LogP contribution in [0.1, 0.15) is 6.92 Å². The van der Waals surface area contributed by atoms with E-state index in [1.54, 1.807) is 6.07 Å². The van der Waals surface area contributed by atoms with Crippen molar-refractivity contribution < 1.29 is 14.3 Å². The Morgan fingerprint density at radius 3 is 2.88 bits per heavy atom. The Labute approximate surface area is 153 Å². The zero-order valence-corrected chi connectivity index (χ0v) is 15.0. The highest BCUT2D eigenvalue weighted by Crippen LogP contribution is 2.31. The first-order chi connectivity index (χ1) is 12.2. The van der Waals surface area contributed by atoms with Gasteiger partial charge in [0.05, 0.1) is 15.2 Å². The van der Waals surface area contributed by atoms with Gasteiger partial charge in [0.1, 0.15) is 6.61 Å². The first-order valence-corrected chi connectivity index (χ1v) is 9.11. The minimum Gasteiger partial charge on any atom is -0.485 e. The number of benzene rings is 2. The smallest absolute Gasteiger partial charge is 0.292 e. The highest BCUT2D eigenvalue weighted by atomic mass is 35.5. The van der Waals surface area contributed by atoms with Gasteiger partial charge >= 0.3 is 0 Å². The second-order valence-electron chi connectivity index (χ2n) is 5.53. The van der Waals surface area contributed by atoms with Crippen LogP contribution in [0.3, 0.4) is 0 Å². The highest BCUT2D eigenvalue weighted by Gasteiger charge is 2.27. The van der Waals surface area contributed by atoms with E-state index in [-0.39, 0.29) is 12.5 Å². The summed E-state index contributed by atoms with van der Waals surface area (Å²) in [6, 6.07) is 13.0. The molecule has 0 fully saturated rings. The third-order valence-electron chi connectivity index (χ3n) is 3.96. The molecule has 1 aromatic heterocycles. The molecule has 3 aromatic rings. The van der Waals surface area contributed by atoms with Crippen LogP contribution < -0.4 is 14.3 Å². The topological polar surface area (TPSA) is 52.8 Å². The first kappa shape index (κ1) is 16.2. The van der Waals surface area contributed by atoms with E-state index in [2.05, 4.69) is 4.99 Å². The Hall–Kier alpha value is -2.31. The maximum Gasteiger partial charge on any atom is 0.292 e. The van der Waals surface area contributed by atoms with E-state index in [9.17, 15) is 4.79 Å². The van der Waals surface area contributed by atoms with Gasteiger partial charge in [-0.1, -0.05) is 41.1 Å². The lowest BCUT2D eigenvalue weighted by Crippen LogP contribution is -2.36. The number of amides is 1. The molecule has 0 radical (unpaired) electrons. The molecular formula is C18H15ClN2O3S. The second-order valence-corrected chi connectivity index (χ2v) is 6.95. The average Bonchev–Trinajstić information content (AvgIpc) is 2.99. The van der Waals surface area contributed by atoms with Crippen LogP contribution in [0.25, 0.3) is 10.2 Å². The van der Waals surface area contributed by atoms with Gasteiger partial charge in [-0.3, -0.25) is 4.79 Å². The molecule has 1 aliphatic heterocycles. The number of nitrogens with zero attached hydrogens (tertiary/aromatic N) is 2. The Kier molecular flexibility index (Phi) is 4.23. The van der Waals surface area contributed by atoms with Gasteiger partial charge in [0.25, 0.3) is 5.91 Å². The van der Waals surface area contributed by atoms with Crippen molar-refractivity contribution in [1.82, 2.24) is 4.57 Å². The lowest BCUT2D eigenvalue weighted by Gasteiger charge is -2.23. The number of hydrogen-bond acceptors (Lipinski definition) is 4. The lowest BCUT2D eigenvalue weighted by atomic mass is 10.2. The molecule has 0 spiro atoms. The molecule has 1 aliphatic rings. The number of carbonyl (C=O) groups excluding carboxylic acids is 1. The van der Waals surface area contributed by atoms with Gasteiger partial charge in [0.15, 0.2) is 16.3 Å². The van der Waals surface area contributed by atoms with Crippen molar-refractivity contribution in [1.29, 1.82) is 0 Å². The summed E-state index contributed by atoms with van der Waals surface area (Å²) in [5.74, 6) is 0.841. The average molecular weight is 375 g/mol. The number of fused-ring (bicyclic) bond motifs is 2. The number of hydrogen-bond donors (Lipinski definition) is 0. The lowest BCUT2D eigenvalue weighted by molar-refractivity contribution is -0.127. The summed E-state index contributed by atoms with van der Waals surface area (Å²) in [5, 5.41) is 0.649. The molecule has 4 rings (SSSR count). The molecule has 0 bridgehead atoms. The molecule has 1 atom stereocenters. The maximum atomic E-state index is 12.6. The zero-order chi connectivity index (χ0) is 17.4. The fraction of sp³-hybridized carbons (Fsp3) is 0.222. The molecule has 5 nitrogen and oxygen atoms in total. The molecule has 25 heavy (non-hydrogen) atoms. The summed E-state index contributed by atoms with van der Waals surface area (Å²) in [6.45, 7) is 2.81. The number of aryl methyl sites for hydroxylation is 1. The van der Waals surface area contributed by atoms with Crippen LogP contribution in [0.2, 0.25) is 5.02 Å². The number of carbonyl (C=O) groups is 1. The van der Waals surface area contributed by atoms with Crippen molar-refractivity contribution in [3.8, 4) is 11.5 Å². The predicted octanol–water partition coefficient (Wildman–Crippen LogP) is 3.64. The second kappa shape index (κ2) is 6.54. The third kappa shape index (κ3) is 2.92. The van der Waals surface area contributed by atoms with Crippen LogP contribution in [0.5, 0.6) is 11.5 Å². The molecule has 0 aliphatic carbocycles. The van der Waals surface area contributed by atoms with E-state index in [0.717, 1.165) is 10.2 Å². The predicted molar refractivity (Wildman–Crippen MR) is 97.4 cm³/mol. The Balaban J connectivity index is 1.71. The first-order valence-electron chi connectivity index (χ1n) is 7.92.